The number of nitrogen functional groups attached to an aromatic ring is 1. The molecule has 0 fully saturated rings. The molecule has 0 aliphatic rings. The molecule has 20 heavy (non-hydrogen) atoms. The van der Waals surface area contributed by atoms with Crippen molar-refractivity contribution >= 4 is 37.3 Å². The van der Waals surface area contributed by atoms with E-state index in [9.17, 15) is 17.2 Å². The van der Waals surface area contributed by atoms with Gasteiger partial charge in [0.05, 0.1) is 5.69 Å². The Balaban J connectivity index is 2.50. The highest BCUT2D eigenvalue weighted by Crippen LogP contribution is 2.29. The van der Waals surface area contributed by atoms with Crippen molar-refractivity contribution in [3.63, 3.8) is 0 Å². The second-order valence-corrected chi connectivity index (χ2v) is 6.37. The minimum atomic E-state index is -4.09. The SMILES string of the molecule is Nc1ccc(F)c(F)c1NS(=O)(=O)c1ccccc1Br. The van der Waals surface area contributed by atoms with Crippen molar-refractivity contribution in [2.75, 3.05) is 10.5 Å². The van der Waals surface area contributed by atoms with Gasteiger partial charge in [0.15, 0.2) is 11.6 Å². The van der Waals surface area contributed by atoms with Crippen LogP contribution in [0.25, 0.3) is 0 Å². The van der Waals surface area contributed by atoms with E-state index in [-0.39, 0.29) is 10.6 Å². The molecule has 0 aliphatic carbocycles. The molecular weight excluding hydrogens is 354 g/mol. The summed E-state index contributed by atoms with van der Waals surface area (Å²) in [6.07, 6.45) is 0. The van der Waals surface area contributed by atoms with E-state index in [0.717, 1.165) is 12.1 Å². The molecule has 0 saturated carbocycles. The Morgan fingerprint density at radius 2 is 1.75 bits per heavy atom. The molecule has 0 radical (unpaired) electrons. The minimum absolute atomic E-state index is 0.108. The Hall–Kier alpha value is -1.67. The van der Waals surface area contributed by atoms with Crippen molar-refractivity contribution in [2.24, 2.45) is 0 Å². The summed E-state index contributed by atoms with van der Waals surface area (Å²) < 4.78 is 53.3. The molecule has 0 heterocycles. The van der Waals surface area contributed by atoms with Gasteiger partial charge in [0, 0.05) is 4.47 Å². The van der Waals surface area contributed by atoms with E-state index >= 15 is 0 Å². The summed E-state index contributed by atoms with van der Waals surface area (Å²) in [6, 6.07) is 7.86. The predicted octanol–water partition coefficient (Wildman–Crippen LogP) is 3.11. The summed E-state index contributed by atoms with van der Waals surface area (Å²) >= 11 is 3.08. The largest absolute Gasteiger partial charge is 0.397 e. The lowest BCUT2D eigenvalue weighted by atomic mass is 10.2. The fraction of sp³-hybridized carbons (Fsp3) is 0. The smallest absolute Gasteiger partial charge is 0.263 e. The molecule has 0 atom stereocenters. The number of sulfonamides is 1. The highest BCUT2D eigenvalue weighted by Gasteiger charge is 2.21. The first-order valence-electron chi connectivity index (χ1n) is 5.34. The summed E-state index contributed by atoms with van der Waals surface area (Å²) in [7, 11) is -4.09. The number of anilines is 2. The van der Waals surface area contributed by atoms with E-state index in [0.29, 0.717) is 4.47 Å². The van der Waals surface area contributed by atoms with Gasteiger partial charge in [-0.3, -0.25) is 4.72 Å². The maximum atomic E-state index is 13.6. The first-order chi connectivity index (χ1) is 9.33. The van der Waals surface area contributed by atoms with Gasteiger partial charge in [0.2, 0.25) is 0 Å². The summed E-state index contributed by atoms with van der Waals surface area (Å²) in [5.41, 5.74) is 4.65. The summed E-state index contributed by atoms with van der Waals surface area (Å²) in [4.78, 5) is -0.108. The lowest BCUT2D eigenvalue weighted by Gasteiger charge is -2.12. The van der Waals surface area contributed by atoms with Crippen LogP contribution in [0.3, 0.4) is 0 Å². The number of benzene rings is 2. The fourth-order valence-electron chi connectivity index (χ4n) is 1.52. The van der Waals surface area contributed by atoms with Crippen LogP contribution in [0, 0.1) is 11.6 Å². The zero-order valence-electron chi connectivity index (χ0n) is 9.90. The second-order valence-electron chi connectivity index (χ2n) is 3.86. The van der Waals surface area contributed by atoms with Crippen LogP contribution >= 0.6 is 15.9 Å². The maximum absolute atomic E-state index is 13.6. The third-order valence-electron chi connectivity index (χ3n) is 2.49. The van der Waals surface area contributed by atoms with Crippen LogP contribution < -0.4 is 10.5 Å². The number of nitrogens with one attached hydrogen (secondary N) is 1. The molecular formula is C12H9BrF2N2O2S. The van der Waals surface area contributed by atoms with E-state index in [1.165, 1.54) is 18.2 Å². The first kappa shape index (κ1) is 14.7. The van der Waals surface area contributed by atoms with Gasteiger partial charge in [0.1, 0.15) is 10.6 Å². The van der Waals surface area contributed by atoms with Crippen molar-refractivity contribution in [2.45, 2.75) is 4.90 Å². The van der Waals surface area contributed by atoms with Crippen molar-refractivity contribution in [3.8, 4) is 0 Å². The Labute approximate surface area is 122 Å². The Bertz CT molecular complexity index is 766. The zero-order valence-corrected chi connectivity index (χ0v) is 12.3. The maximum Gasteiger partial charge on any atom is 0.263 e. The molecule has 0 amide bonds. The molecule has 106 valence electrons. The van der Waals surface area contributed by atoms with E-state index in [1.807, 2.05) is 4.72 Å². The molecule has 0 bridgehead atoms. The van der Waals surface area contributed by atoms with Crippen LogP contribution in [0.1, 0.15) is 0 Å². The van der Waals surface area contributed by atoms with Gasteiger partial charge in [-0.1, -0.05) is 12.1 Å². The van der Waals surface area contributed by atoms with Gasteiger partial charge in [0.25, 0.3) is 10.0 Å². The highest BCUT2D eigenvalue weighted by atomic mass is 79.9. The number of nitrogens with two attached hydrogens (primary N) is 1. The van der Waals surface area contributed by atoms with Gasteiger partial charge in [-0.25, -0.2) is 17.2 Å². The van der Waals surface area contributed by atoms with Crippen LogP contribution in [-0.2, 0) is 10.0 Å². The lowest BCUT2D eigenvalue weighted by molar-refractivity contribution is 0.512. The number of rotatable bonds is 3. The highest BCUT2D eigenvalue weighted by molar-refractivity contribution is 9.10. The van der Waals surface area contributed by atoms with Crippen molar-refractivity contribution in [1.82, 2.24) is 0 Å². The first-order valence-corrected chi connectivity index (χ1v) is 7.61. The van der Waals surface area contributed by atoms with Gasteiger partial charge < -0.3 is 5.73 Å². The number of halogens is 3. The average Bonchev–Trinajstić information content (AvgIpc) is 2.39. The number of hydrogen-bond acceptors (Lipinski definition) is 3. The molecule has 3 N–H and O–H groups in total. The van der Waals surface area contributed by atoms with Crippen LogP contribution in [0.15, 0.2) is 45.8 Å². The zero-order chi connectivity index (χ0) is 14.9. The monoisotopic (exact) mass is 362 g/mol. The summed E-state index contributed by atoms with van der Waals surface area (Å²) in [5, 5.41) is 0. The third-order valence-corrected chi connectivity index (χ3v) is 4.85. The van der Waals surface area contributed by atoms with E-state index in [1.54, 1.807) is 6.07 Å². The van der Waals surface area contributed by atoms with Gasteiger partial charge >= 0.3 is 0 Å². The van der Waals surface area contributed by atoms with Crippen molar-refractivity contribution < 1.29 is 17.2 Å². The van der Waals surface area contributed by atoms with E-state index < -0.39 is 27.3 Å². The normalized spacial score (nSPS) is 11.3. The topological polar surface area (TPSA) is 72.2 Å². The molecule has 2 rings (SSSR count). The quantitative estimate of drug-likeness (QED) is 0.824. The Morgan fingerprint density at radius 3 is 2.40 bits per heavy atom. The molecule has 4 nitrogen and oxygen atoms in total. The third kappa shape index (κ3) is 2.75. The van der Waals surface area contributed by atoms with E-state index in [2.05, 4.69) is 15.9 Å². The van der Waals surface area contributed by atoms with E-state index in [4.69, 9.17) is 5.73 Å². The molecule has 8 heteroatoms. The standard InChI is InChI=1S/C12H9BrF2N2O2S/c13-7-3-1-2-4-10(7)20(18,19)17-12-9(16)6-5-8(14)11(12)15/h1-6,17H,16H2. The van der Waals surface area contributed by atoms with Gasteiger partial charge in [-0.15, -0.1) is 0 Å². The van der Waals surface area contributed by atoms with Crippen LogP contribution in [0.2, 0.25) is 0 Å². The minimum Gasteiger partial charge on any atom is -0.397 e. The van der Waals surface area contributed by atoms with Crippen molar-refractivity contribution in [3.05, 3.63) is 52.5 Å². The van der Waals surface area contributed by atoms with Crippen molar-refractivity contribution in [1.29, 1.82) is 0 Å². The fourth-order valence-corrected chi connectivity index (χ4v) is 3.61. The second kappa shape index (κ2) is 5.37. The molecule has 0 saturated heterocycles. The van der Waals surface area contributed by atoms with Gasteiger partial charge in [-0.2, -0.15) is 0 Å². The molecule has 2 aromatic rings. The van der Waals surface area contributed by atoms with Crippen LogP contribution in [-0.4, -0.2) is 8.42 Å². The average molecular weight is 363 g/mol. The molecule has 0 spiro atoms. The Kier molecular flexibility index (Phi) is 3.96. The Morgan fingerprint density at radius 1 is 1.10 bits per heavy atom. The van der Waals surface area contributed by atoms with Crippen LogP contribution in [0.5, 0.6) is 0 Å². The molecule has 0 unspecified atom stereocenters. The van der Waals surface area contributed by atoms with Gasteiger partial charge in [-0.05, 0) is 40.2 Å². The van der Waals surface area contributed by atoms with Crippen LogP contribution in [0.4, 0.5) is 20.2 Å². The summed E-state index contributed by atoms with van der Waals surface area (Å²) in [6.45, 7) is 0. The lowest BCUT2D eigenvalue weighted by Crippen LogP contribution is -2.16. The predicted molar refractivity (Wildman–Crippen MR) is 75.7 cm³/mol. The number of hydrogen-bond donors (Lipinski definition) is 2. The molecule has 0 aliphatic heterocycles. The summed E-state index contributed by atoms with van der Waals surface area (Å²) in [5.74, 6) is -2.54. The molecule has 2 aromatic carbocycles. The molecule has 0 aromatic heterocycles.